The van der Waals surface area contributed by atoms with E-state index in [9.17, 15) is 9.59 Å². The lowest BCUT2D eigenvalue weighted by atomic mass is 9.87. The van der Waals surface area contributed by atoms with Crippen LogP contribution in [-0.2, 0) is 11.2 Å². The molecule has 26 heavy (non-hydrogen) atoms. The predicted octanol–water partition coefficient (Wildman–Crippen LogP) is 2.97. The number of aryl methyl sites for hydroxylation is 1. The first-order chi connectivity index (χ1) is 12.5. The molecule has 0 spiro atoms. The van der Waals surface area contributed by atoms with E-state index in [1.807, 2.05) is 36.4 Å². The van der Waals surface area contributed by atoms with E-state index in [0.29, 0.717) is 5.69 Å². The molecule has 2 unspecified atom stereocenters. The smallest absolute Gasteiger partial charge is 0.319 e. The number of fused-ring (bicyclic) bond motifs is 1. The fourth-order valence-electron chi connectivity index (χ4n) is 3.23. The lowest BCUT2D eigenvalue weighted by Gasteiger charge is -2.28. The van der Waals surface area contributed by atoms with Gasteiger partial charge in [-0.25, -0.2) is 4.79 Å². The zero-order chi connectivity index (χ0) is 18.5. The summed E-state index contributed by atoms with van der Waals surface area (Å²) in [6.45, 7) is 1.67. The minimum atomic E-state index is -0.641. The Balaban J connectivity index is 1.57. The van der Waals surface area contributed by atoms with Crippen LogP contribution in [0.2, 0.25) is 0 Å². The van der Waals surface area contributed by atoms with Crippen LogP contribution in [-0.4, -0.2) is 18.0 Å². The highest BCUT2D eigenvalue weighted by Gasteiger charge is 2.24. The molecule has 0 radical (unpaired) electrons. The molecule has 6 heteroatoms. The molecule has 3 rings (SSSR count). The zero-order valence-corrected chi connectivity index (χ0v) is 14.8. The van der Waals surface area contributed by atoms with Gasteiger partial charge in [0.2, 0.25) is 5.91 Å². The van der Waals surface area contributed by atoms with Crippen LogP contribution >= 0.6 is 0 Å². The molecule has 0 aromatic heterocycles. The maximum atomic E-state index is 12.5. The summed E-state index contributed by atoms with van der Waals surface area (Å²) in [5.74, 6) is -0.206. The Hall–Kier alpha value is -3.02. The Labute approximate surface area is 153 Å². The van der Waals surface area contributed by atoms with Gasteiger partial charge in [-0.05, 0) is 61.6 Å². The van der Waals surface area contributed by atoms with Crippen LogP contribution in [0.5, 0.6) is 0 Å². The van der Waals surface area contributed by atoms with Crippen LogP contribution in [0.3, 0.4) is 0 Å². The van der Waals surface area contributed by atoms with Crippen LogP contribution in [0.25, 0.3) is 0 Å². The van der Waals surface area contributed by atoms with E-state index in [4.69, 9.17) is 5.73 Å². The van der Waals surface area contributed by atoms with Crippen LogP contribution in [0, 0.1) is 0 Å². The molecule has 2 atom stereocenters. The third-order valence-electron chi connectivity index (χ3n) is 4.57. The lowest BCUT2D eigenvalue weighted by Crippen LogP contribution is -2.47. The van der Waals surface area contributed by atoms with Gasteiger partial charge in [0, 0.05) is 11.4 Å². The second-order valence-electron chi connectivity index (χ2n) is 6.60. The number of nitrogens with one attached hydrogen (secondary N) is 3. The molecule has 2 aromatic carbocycles. The molecule has 0 saturated heterocycles. The Kier molecular flexibility index (Phi) is 5.41. The largest absolute Gasteiger partial charge is 0.399 e. The molecule has 5 N–H and O–H groups in total. The highest BCUT2D eigenvalue weighted by Crippen LogP contribution is 2.30. The van der Waals surface area contributed by atoms with Crippen molar-refractivity contribution in [2.75, 3.05) is 11.1 Å². The molecule has 0 heterocycles. The average molecular weight is 352 g/mol. The van der Waals surface area contributed by atoms with Crippen LogP contribution < -0.4 is 21.7 Å². The number of nitrogen functional groups attached to an aromatic ring is 1. The summed E-state index contributed by atoms with van der Waals surface area (Å²) in [6, 6.07) is 13.8. The van der Waals surface area contributed by atoms with E-state index in [1.165, 1.54) is 5.56 Å². The number of hydrogen-bond acceptors (Lipinski definition) is 3. The Bertz CT molecular complexity index is 792. The Morgan fingerprint density at radius 2 is 1.92 bits per heavy atom. The Morgan fingerprint density at radius 3 is 2.69 bits per heavy atom. The van der Waals surface area contributed by atoms with Gasteiger partial charge in [0.25, 0.3) is 0 Å². The van der Waals surface area contributed by atoms with Crippen molar-refractivity contribution >= 4 is 23.3 Å². The monoisotopic (exact) mass is 352 g/mol. The molecule has 3 amide bonds. The van der Waals surface area contributed by atoms with E-state index >= 15 is 0 Å². The molecular weight excluding hydrogens is 328 g/mol. The predicted molar refractivity (Wildman–Crippen MR) is 103 cm³/mol. The van der Waals surface area contributed by atoms with Gasteiger partial charge in [-0.15, -0.1) is 0 Å². The maximum absolute atomic E-state index is 12.5. The SMILES string of the molecule is CC(NC(=O)Nc1ccccc1)C(=O)NC1CCCc2cc(N)ccc21. The van der Waals surface area contributed by atoms with Crippen molar-refractivity contribution in [1.82, 2.24) is 10.6 Å². The minimum absolute atomic E-state index is 0.0479. The summed E-state index contributed by atoms with van der Waals surface area (Å²) in [5, 5.41) is 8.42. The number of nitrogens with two attached hydrogens (primary N) is 1. The Morgan fingerprint density at radius 1 is 1.15 bits per heavy atom. The molecule has 2 aromatic rings. The highest BCUT2D eigenvalue weighted by molar-refractivity contribution is 5.93. The number of amides is 3. The highest BCUT2D eigenvalue weighted by atomic mass is 16.2. The number of para-hydroxylation sites is 1. The quantitative estimate of drug-likeness (QED) is 0.637. The number of rotatable bonds is 4. The van der Waals surface area contributed by atoms with E-state index < -0.39 is 12.1 Å². The lowest BCUT2D eigenvalue weighted by molar-refractivity contribution is -0.123. The second-order valence-corrected chi connectivity index (χ2v) is 6.60. The zero-order valence-electron chi connectivity index (χ0n) is 14.8. The van der Waals surface area contributed by atoms with Gasteiger partial charge in [-0.1, -0.05) is 24.3 Å². The number of urea groups is 1. The van der Waals surface area contributed by atoms with Gasteiger partial charge < -0.3 is 21.7 Å². The van der Waals surface area contributed by atoms with Crippen molar-refractivity contribution in [2.45, 2.75) is 38.3 Å². The summed E-state index contributed by atoms with van der Waals surface area (Å²) in [4.78, 5) is 24.5. The van der Waals surface area contributed by atoms with E-state index in [0.717, 1.165) is 30.5 Å². The summed E-state index contributed by atoms with van der Waals surface area (Å²) in [5.41, 5.74) is 9.56. The number of carbonyl (C=O) groups excluding carboxylic acids is 2. The van der Waals surface area contributed by atoms with Crippen LogP contribution in [0.15, 0.2) is 48.5 Å². The van der Waals surface area contributed by atoms with Gasteiger partial charge >= 0.3 is 6.03 Å². The van der Waals surface area contributed by atoms with Crippen molar-refractivity contribution in [3.63, 3.8) is 0 Å². The van der Waals surface area contributed by atoms with E-state index in [1.54, 1.807) is 19.1 Å². The van der Waals surface area contributed by atoms with Crippen LogP contribution in [0.1, 0.15) is 36.9 Å². The number of anilines is 2. The summed E-state index contributed by atoms with van der Waals surface area (Å²) >= 11 is 0. The molecule has 0 fully saturated rings. The van der Waals surface area contributed by atoms with Gasteiger partial charge in [0.15, 0.2) is 0 Å². The molecule has 1 aliphatic rings. The molecular formula is C20H24N4O2. The topological polar surface area (TPSA) is 96.2 Å². The van der Waals surface area contributed by atoms with E-state index in [-0.39, 0.29) is 11.9 Å². The third-order valence-corrected chi connectivity index (χ3v) is 4.57. The average Bonchev–Trinajstić information content (AvgIpc) is 2.62. The maximum Gasteiger partial charge on any atom is 0.319 e. The van der Waals surface area contributed by atoms with Crippen molar-refractivity contribution in [3.05, 3.63) is 59.7 Å². The first kappa shape index (κ1) is 17.8. The van der Waals surface area contributed by atoms with Gasteiger partial charge in [0.05, 0.1) is 6.04 Å². The molecule has 0 aliphatic heterocycles. The summed E-state index contributed by atoms with van der Waals surface area (Å²) < 4.78 is 0. The van der Waals surface area contributed by atoms with Gasteiger partial charge in [0.1, 0.15) is 6.04 Å². The fraction of sp³-hybridized carbons (Fsp3) is 0.300. The molecule has 6 nitrogen and oxygen atoms in total. The summed E-state index contributed by atoms with van der Waals surface area (Å²) in [7, 11) is 0. The van der Waals surface area contributed by atoms with Gasteiger partial charge in [-0.3, -0.25) is 4.79 Å². The van der Waals surface area contributed by atoms with Crippen molar-refractivity contribution in [2.24, 2.45) is 0 Å². The molecule has 0 bridgehead atoms. The molecule has 0 saturated carbocycles. The first-order valence-corrected chi connectivity index (χ1v) is 8.84. The normalized spacial score (nSPS) is 16.9. The number of hydrogen-bond donors (Lipinski definition) is 4. The van der Waals surface area contributed by atoms with Gasteiger partial charge in [-0.2, -0.15) is 0 Å². The standard InChI is InChI=1S/C20H24N4O2/c1-13(22-20(26)23-16-7-3-2-4-8-16)19(25)24-18-9-5-6-14-12-15(21)10-11-17(14)18/h2-4,7-8,10-13,18H,5-6,9,21H2,1H3,(H,24,25)(H2,22,23,26). The minimum Gasteiger partial charge on any atom is -0.399 e. The van der Waals surface area contributed by atoms with Crippen LogP contribution in [0.4, 0.5) is 16.2 Å². The van der Waals surface area contributed by atoms with E-state index in [2.05, 4.69) is 16.0 Å². The second kappa shape index (κ2) is 7.91. The van der Waals surface area contributed by atoms with Crippen molar-refractivity contribution in [3.8, 4) is 0 Å². The summed E-state index contributed by atoms with van der Waals surface area (Å²) in [6.07, 6.45) is 2.85. The van der Waals surface area contributed by atoms with Crippen molar-refractivity contribution < 1.29 is 9.59 Å². The van der Waals surface area contributed by atoms with Crippen molar-refractivity contribution in [1.29, 1.82) is 0 Å². The molecule has 1 aliphatic carbocycles. The third kappa shape index (κ3) is 4.33. The number of carbonyl (C=O) groups is 2. The number of benzene rings is 2. The molecule has 136 valence electrons. The fourth-order valence-corrected chi connectivity index (χ4v) is 3.23. The first-order valence-electron chi connectivity index (χ1n) is 8.84.